The van der Waals surface area contributed by atoms with E-state index in [9.17, 15) is 9.59 Å². The number of carbonyl (C=O) groups is 2. The zero-order valence-corrected chi connectivity index (χ0v) is 11.0. The van der Waals surface area contributed by atoms with Crippen molar-refractivity contribution in [2.24, 2.45) is 5.92 Å². The fraction of sp³-hybridized carbons (Fsp3) is 0.400. The van der Waals surface area contributed by atoms with E-state index in [1.807, 2.05) is 36.4 Å². The van der Waals surface area contributed by atoms with Crippen LogP contribution < -0.4 is 5.32 Å². The molecule has 0 spiro atoms. The molecule has 104 valence electrons. The average molecular weight is 272 g/mol. The maximum atomic E-state index is 11.7. The quantitative estimate of drug-likeness (QED) is 0.860. The lowest BCUT2D eigenvalue weighted by atomic mass is 10.1. The standard InChI is InChI=1S/C15H16N2O3/c16-9-8-13(18)14(12-6-7-12)17-15(19)20-10-11-4-2-1-3-5-11/h1-5,12,14H,6-8,10H2,(H,17,19)/t14-/m0/s1. The first kappa shape index (κ1) is 14.1. The Morgan fingerprint density at radius 1 is 1.35 bits per heavy atom. The highest BCUT2D eigenvalue weighted by molar-refractivity contribution is 5.89. The second-order valence-electron chi connectivity index (χ2n) is 4.82. The average Bonchev–Trinajstić information content (AvgIpc) is 3.28. The van der Waals surface area contributed by atoms with Gasteiger partial charge in [-0.2, -0.15) is 5.26 Å². The zero-order chi connectivity index (χ0) is 14.4. The summed E-state index contributed by atoms with van der Waals surface area (Å²) in [6.07, 6.45) is 1.01. The maximum absolute atomic E-state index is 11.7. The summed E-state index contributed by atoms with van der Waals surface area (Å²) in [4.78, 5) is 23.4. The molecular formula is C15H16N2O3. The van der Waals surface area contributed by atoms with Crippen molar-refractivity contribution in [3.8, 4) is 6.07 Å². The van der Waals surface area contributed by atoms with Gasteiger partial charge in [0.05, 0.1) is 18.5 Å². The van der Waals surface area contributed by atoms with E-state index in [0.717, 1.165) is 18.4 Å². The minimum Gasteiger partial charge on any atom is -0.445 e. The molecular weight excluding hydrogens is 256 g/mol. The number of nitrogens with one attached hydrogen (secondary N) is 1. The second kappa shape index (κ2) is 6.71. The van der Waals surface area contributed by atoms with Crippen LogP contribution in [-0.2, 0) is 16.1 Å². The monoisotopic (exact) mass is 272 g/mol. The summed E-state index contributed by atoms with van der Waals surface area (Å²) in [5, 5.41) is 11.1. The molecule has 1 amide bonds. The summed E-state index contributed by atoms with van der Waals surface area (Å²) in [6, 6.07) is 10.5. The fourth-order valence-corrected chi connectivity index (χ4v) is 1.97. The molecule has 0 heterocycles. The van der Waals surface area contributed by atoms with E-state index in [0.29, 0.717) is 0 Å². The van der Waals surface area contributed by atoms with Crippen LogP contribution in [0.15, 0.2) is 30.3 Å². The molecule has 0 unspecified atom stereocenters. The predicted molar refractivity (Wildman–Crippen MR) is 71.5 cm³/mol. The first-order valence-corrected chi connectivity index (χ1v) is 6.57. The van der Waals surface area contributed by atoms with E-state index in [2.05, 4.69) is 5.32 Å². The molecule has 5 nitrogen and oxygen atoms in total. The number of carbonyl (C=O) groups excluding carboxylic acids is 2. The molecule has 1 aliphatic carbocycles. The van der Waals surface area contributed by atoms with Crippen molar-refractivity contribution in [3.63, 3.8) is 0 Å². The van der Waals surface area contributed by atoms with Gasteiger partial charge in [0.1, 0.15) is 6.61 Å². The number of nitrogens with zero attached hydrogens (tertiary/aromatic N) is 1. The number of ether oxygens (including phenoxy) is 1. The molecule has 1 aliphatic rings. The van der Waals surface area contributed by atoms with E-state index in [4.69, 9.17) is 10.00 Å². The topological polar surface area (TPSA) is 79.2 Å². The van der Waals surface area contributed by atoms with Crippen LogP contribution in [0.1, 0.15) is 24.8 Å². The minimum atomic E-state index is -0.614. The van der Waals surface area contributed by atoms with Crippen molar-refractivity contribution in [1.29, 1.82) is 5.26 Å². The number of Topliss-reactive ketones (excluding diaryl/α,β-unsaturated/α-hetero) is 1. The third kappa shape index (κ3) is 4.09. The van der Waals surface area contributed by atoms with E-state index in [1.165, 1.54) is 0 Å². The lowest BCUT2D eigenvalue weighted by Gasteiger charge is -2.15. The molecule has 0 aromatic heterocycles. The molecule has 1 N–H and O–H groups in total. The number of hydrogen-bond acceptors (Lipinski definition) is 4. The van der Waals surface area contributed by atoms with Gasteiger partial charge in [-0.1, -0.05) is 30.3 Å². The maximum Gasteiger partial charge on any atom is 0.408 e. The Labute approximate surface area is 117 Å². The van der Waals surface area contributed by atoms with Crippen molar-refractivity contribution < 1.29 is 14.3 Å². The zero-order valence-electron chi connectivity index (χ0n) is 11.0. The molecule has 5 heteroatoms. The largest absolute Gasteiger partial charge is 0.445 e. The van der Waals surface area contributed by atoms with Crippen LogP contribution in [0.4, 0.5) is 4.79 Å². The Kier molecular flexibility index (Phi) is 4.72. The van der Waals surface area contributed by atoms with Crippen molar-refractivity contribution >= 4 is 11.9 Å². The Hall–Kier alpha value is -2.35. The smallest absolute Gasteiger partial charge is 0.408 e. The number of rotatable bonds is 6. The van der Waals surface area contributed by atoms with Crippen LogP contribution in [0.2, 0.25) is 0 Å². The van der Waals surface area contributed by atoms with Gasteiger partial charge in [-0.15, -0.1) is 0 Å². The molecule has 0 saturated heterocycles. The van der Waals surface area contributed by atoms with Crippen molar-refractivity contribution in [1.82, 2.24) is 5.32 Å². The molecule has 1 atom stereocenters. The molecule has 1 saturated carbocycles. The van der Waals surface area contributed by atoms with E-state index in [-0.39, 0.29) is 24.7 Å². The Morgan fingerprint density at radius 2 is 2.05 bits per heavy atom. The predicted octanol–water partition coefficient (Wildman–Crippen LogP) is 2.17. The summed E-state index contributed by atoms with van der Waals surface area (Å²) in [5.74, 6) is -0.0909. The van der Waals surface area contributed by atoms with Gasteiger partial charge in [-0.25, -0.2) is 4.79 Å². The molecule has 20 heavy (non-hydrogen) atoms. The first-order chi connectivity index (χ1) is 9.70. The third-order valence-electron chi connectivity index (χ3n) is 3.18. The van der Waals surface area contributed by atoms with Crippen LogP contribution in [0.25, 0.3) is 0 Å². The Bertz CT molecular complexity index is 518. The number of nitriles is 1. The van der Waals surface area contributed by atoms with Gasteiger partial charge in [-0.05, 0) is 24.3 Å². The molecule has 1 aromatic carbocycles. The molecule has 1 fully saturated rings. The van der Waals surface area contributed by atoms with Gasteiger partial charge < -0.3 is 10.1 Å². The lowest BCUT2D eigenvalue weighted by Crippen LogP contribution is -2.42. The van der Waals surface area contributed by atoms with Gasteiger partial charge >= 0.3 is 6.09 Å². The summed E-state index contributed by atoms with van der Waals surface area (Å²) in [7, 11) is 0. The van der Waals surface area contributed by atoms with Crippen molar-refractivity contribution in [3.05, 3.63) is 35.9 Å². The number of ketones is 1. The fourth-order valence-electron chi connectivity index (χ4n) is 1.97. The summed E-state index contributed by atoms with van der Waals surface area (Å²) < 4.78 is 5.08. The van der Waals surface area contributed by atoms with Crippen LogP contribution in [0.5, 0.6) is 0 Å². The van der Waals surface area contributed by atoms with Crippen LogP contribution in [0.3, 0.4) is 0 Å². The molecule has 2 rings (SSSR count). The van der Waals surface area contributed by atoms with E-state index >= 15 is 0 Å². The van der Waals surface area contributed by atoms with Gasteiger partial charge in [0.15, 0.2) is 5.78 Å². The van der Waals surface area contributed by atoms with Crippen molar-refractivity contribution in [2.75, 3.05) is 0 Å². The Morgan fingerprint density at radius 3 is 2.65 bits per heavy atom. The third-order valence-corrected chi connectivity index (χ3v) is 3.18. The highest BCUT2D eigenvalue weighted by atomic mass is 16.5. The summed E-state index contributed by atoms with van der Waals surface area (Å²) in [6.45, 7) is 0.163. The van der Waals surface area contributed by atoms with Crippen molar-refractivity contribution in [2.45, 2.75) is 31.9 Å². The normalized spacial score (nSPS) is 14.9. The van der Waals surface area contributed by atoms with Gasteiger partial charge in [0.25, 0.3) is 0 Å². The highest BCUT2D eigenvalue weighted by Crippen LogP contribution is 2.33. The van der Waals surface area contributed by atoms with Crippen LogP contribution in [0, 0.1) is 17.2 Å². The summed E-state index contributed by atoms with van der Waals surface area (Å²) in [5.41, 5.74) is 0.883. The number of hydrogen-bond donors (Lipinski definition) is 1. The molecule has 0 aliphatic heterocycles. The van der Waals surface area contributed by atoms with E-state index in [1.54, 1.807) is 0 Å². The number of amides is 1. The second-order valence-corrected chi connectivity index (χ2v) is 4.82. The summed E-state index contributed by atoms with van der Waals surface area (Å²) >= 11 is 0. The molecule has 1 aromatic rings. The Balaban J connectivity index is 1.83. The SMILES string of the molecule is N#CCC(=O)[C@@H](NC(=O)OCc1ccccc1)C1CC1. The van der Waals surface area contributed by atoms with Gasteiger partial charge in [0.2, 0.25) is 0 Å². The number of alkyl carbamates (subject to hydrolysis) is 1. The van der Waals surface area contributed by atoms with E-state index < -0.39 is 12.1 Å². The minimum absolute atomic E-state index is 0.153. The van der Waals surface area contributed by atoms with Gasteiger partial charge in [0, 0.05) is 0 Å². The lowest BCUT2D eigenvalue weighted by molar-refractivity contribution is -0.120. The van der Waals surface area contributed by atoms with Crippen LogP contribution in [-0.4, -0.2) is 17.9 Å². The highest BCUT2D eigenvalue weighted by Gasteiger charge is 2.37. The molecule has 0 radical (unpaired) electrons. The van der Waals surface area contributed by atoms with Gasteiger partial charge in [-0.3, -0.25) is 4.79 Å². The molecule has 0 bridgehead atoms. The van der Waals surface area contributed by atoms with Crippen LogP contribution >= 0.6 is 0 Å². The first-order valence-electron chi connectivity index (χ1n) is 6.57. The number of benzene rings is 1.